The molecule has 0 bridgehead atoms. The van der Waals surface area contributed by atoms with E-state index in [1.54, 1.807) is 18.2 Å². The molecule has 0 radical (unpaired) electrons. The van der Waals surface area contributed by atoms with Gasteiger partial charge < -0.3 is 4.74 Å². The molecule has 19 heavy (non-hydrogen) atoms. The van der Waals surface area contributed by atoms with Crippen molar-refractivity contribution in [3.8, 4) is 11.8 Å². The van der Waals surface area contributed by atoms with Gasteiger partial charge in [0.2, 0.25) is 0 Å². The second kappa shape index (κ2) is 6.08. The van der Waals surface area contributed by atoms with Gasteiger partial charge in [0.1, 0.15) is 11.7 Å². The number of hydrogen-bond donors (Lipinski definition) is 0. The van der Waals surface area contributed by atoms with Gasteiger partial charge >= 0.3 is 0 Å². The highest BCUT2D eigenvalue weighted by atomic mass is 35.5. The minimum Gasteiger partial charge on any atom is -0.496 e. The molecule has 1 aromatic carbocycles. The molecule has 0 aliphatic carbocycles. The van der Waals surface area contributed by atoms with E-state index in [9.17, 15) is 10.1 Å². The standard InChI is InChI=1S/C15H18ClNO2/c1-15(2,3)8-13(18)12(9-17)11-7-10(16)5-6-14(11)19-4/h5-7,12H,8H2,1-4H3. The highest BCUT2D eigenvalue weighted by molar-refractivity contribution is 6.30. The van der Waals surface area contributed by atoms with Crippen LogP contribution in [0, 0.1) is 16.7 Å². The van der Waals surface area contributed by atoms with E-state index in [4.69, 9.17) is 16.3 Å². The van der Waals surface area contributed by atoms with Crippen molar-refractivity contribution in [2.45, 2.75) is 33.1 Å². The maximum absolute atomic E-state index is 12.2. The first kappa shape index (κ1) is 15.5. The van der Waals surface area contributed by atoms with Crippen LogP contribution < -0.4 is 4.74 Å². The summed E-state index contributed by atoms with van der Waals surface area (Å²) in [6.45, 7) is 5.90. The van der Waals surface area contributed by atoms with Crippen LogP contribution in [0.15, 0.2) is 18.2 Å². The molecule has 0 saturated heterocycles. The highest BCUT2D eigenvalue weighted by Gasteiger charge is 2.27. The van der Waals surface area contributed by atoms with E-state index in [1.807, 2.05) is 20.8 Å². The van der Waals surface area contributed by atoms with Crippen LogP contribution in [-0.2, 0) is 4.79 Å². The summed E-state index contributed by atoms with van der Waals surface area (Å²) in [5, 5.41) is 9.77. The van der Waals surface area contributed by atoms with Crippen molar-refractivity contribution in [2.75, 3.05) is 7.11 Å². The first-order valence-electron chi connectivity index (χ1n) is 6.04. The van der Waals surface area contributed by atoms with Gasteiger partial charge in [-0.3, -0.25) is 4.79 Å². The molecule has 102 valence electrons. The van der Waals surface area contributed by atoms with Crippen LogP contribution in [0.3, 0.4) is 0 Å². The van der Waals surface area contributed by atoms with E-state index in [2.05, 4.69) is 6.07 Å². The average Bonchev–Trinajstić information content (AvgIpc) is 2.28. The van der Waals surface area contributed by atoms with Crippen LogP contribution in [0.25, 0.3) is 0 Å². The molecule has 0 aliphatic rings. The Kier molecular flexibility index (Phi) is 4.97. The van der Waals surface area contributed by atoms with E-state index in [0.29, 0.717) is 22.8 Å². The van der Waals surface area contributed by atoms with Gasteiger partial charge in [0, 0.05) is 17.0 Å². The lowest BCUT2D eigenvalue weighted by Gasteiger charge is -2.20. The molecule has 0 aromatic heterocycles. The number of nitrogens with zero attached hydrogens (tertiary/aromatic N) is 1. The molecular formula is C15H18ClNO2. The topological polar surface area (TPSA) is 50.1 Å². The number of carbonyl (C=O) groups excluding carboxylic acids is 1. The van der Waals surface area contributed by atoms with Crippen LogP contribution in [0.4, 0.5) is 0 Å². The van der Waals surface area contributed by atoms with Gasteiger partial charge in [-0.05, 0) is 23.6 Å². The Balaban J connectivity index is 3.14. The van der Waals surface area contributed by atoms with Crippen molar-refractivity contribution in [3.63, 3.8) is 0 Å². The van der Waals surface area contributed by atoms with Crippen LogP contribution in [-0.4, -0.2) is 12.9 Å². The summed E-state index contributed by atoms with van der Waals surface area (Å²) in [4.78, 5) is 12.2. The number of carbonyl (C=O) groups is 1. The second-order valence-electron chi connectivity index (χ2n) is 5.65. The predicted octanol–water partition coefficient (Wildman–Crippen LogP) is 3.96. The maximum atomic E-state index is 12.2. The molecule has 1 aromatic rings. The van der Waals surface area contributed by atoms with Gasteiger partial charge in [-0.2, -0.15) is 5.26 Å². The number of hydrogen-bond acceptors (Lipinski definition) is 3. The van der Waals surface area contributed by atoms with Crippen molar-refractivity contribution >= 4 is 17.4 Å². The summed E-state index contributed by atoms with van der Waals surface area (Å²) in [6.07, 6.45) is 0.334. The summed E-state index contributed by atoms with van der Waals surface area (Å²) in [6, 6.07) is 7.02. The quantitative estimate of drug-likeness (QED) is 0.838. The van der Waals surface area contributed by atoms with Crippen LogP contribution in [0.1, 0.15) is 38.7 Å². The highest BCUT2D eigenvalue weighted by Crippen LogP contribution is 2.32. The number of nitriles is 1. The molecule has 0 saturated carbocycles. The normalized spacial score (nSPS) is 12.6. The Morgan fingerprint density at radius 3 is 2.58 bits per heavy atom. The van der Waals surface area contributed by atoms with E-state index < -0.39 is 5.92 Å². The summed E-state index contributed by atoms with van der Waals surface area (Å²) in [7, 11) is 1.51. The van der Waals surface area contributed by atoms with Gasteiger partial charge in [0.15, 0.2) is 5.78 Å². The van der Waals surface area contributed by atoms with Crippen molar-refractivity contribution in [1.82, 2.24) is 0 Å². The van der Waals surface area contributed by atoms with Crippen molar-refractivity contribution in [2.24, 2.45) is 5.41 Å². The summed E-state index contributed by atoms with van der Waals surface area (Å²) in [5.74, 6) is -0.443. The van der Waals surface area contributed by atoms with Gasteiger partial charge in [0.05, 0.1) is 13.2 Å². The first-order valence-corrected chi connectivity index (χ1v) is 6.42. The summed E-state index contributed by atoms with van der Waals surface area (Å²) >= 11 is 5.94. The Morgan fingerprint density at radius 2 is 2.11 bits per heavy atom. The van der Waals surface area contributed by atoms with Gasteiger partial charge in [-0.15, -0.1) is 0 Å². The lowest BCUT2D eigenvalue weighted by Crippen LogP contribution is -2.19. The second-order valence-corrected chi connectivity index (χ2v) is 6.09. The van der Waals surface area contributed by atoms with Gasteiger partial charge in [-0.1, -0.05) is 32.4 Å². The lowest BCUT2D eigenvalue weighted by molar-refractivity contribution is -0.121. The van der Waals surface area contributed by atoms with E-state index in [-0.39, 0.29) is 11.2 Å². The van der Waals surface area contributed by atoms with Crippen molar-refractivity contribution < 1.29 is 9.53 Å². The number of benzene rings is 1. The Hall–Kier alpha value is -1.53. The molecular weight excluding hydrogens is 262 g/mol. The number of ether oxygens (including phenoxy) is 1. The molecule has 3 nitrogen and oxygen atoms in total. The minimum absolute atomic E-state index is 0.115. The third-order valence-corrected chi connectivity index (χ3v) is 2.89. The number of methoxy groups -OCH3 is 1. The Bertz CT molecular complexity index is 512. The van der Waals surface area contributed by atoms with Gasteiger partial charge in [0.25, 0.3) is 0 Å². The SMILES string of the molecule is COc1ccc(Cl)cc1C(C#N)C(=O)CC(C)(C)C. The summed E-state index contributed by atoms with van der Waals surface area (Å²) in [5.41, 5.74) is 0.379. The summed E-state index contributed by atoms with van der Waals surface area (Å²) < 4.78 is 5.20. The molecule has 0 spiro atoms. The average molecular weight is 280 g/mol. The number of rotatable bonds is 4. The van der Waals surface area contributed by atoms with Crippen molar-refractivity contribution in [1.29, 1.82) is 5.26 Å². The zero-order valence-corrected chi connectivity index (χ0v) is 12.4. The van der Waals surface area contributed by atoms with Crippen molar-refractivity contribution in [3.05, 3.63) is 28.8 Å². The fraction of sp³-hybridized carbons (Fsp3) is 0.467. The third kappa shape index (κ3) is 4.25. The molecule has 0 heterocycles. The lowest BCUT2D eigenvalue weighted by atomic mass is 9.83. The molecule has 1 rings (SSSR count). The Labute approximate surface area is 119 Å². The number of halogens is 1. The third-order valence-electron chi connectivity index (χ3n) is 2.66. The van der Waals surface area contributed by atoms with Gasteiger partial charge in [-0.25, -0.2) is 0 Å². The number of ketones is 1. The van der Waals surface area contributed by atoms with E-state index in [1.165, 1.54) is 7.11 Å². The maximum Gasteiger partial charge on any atom is 0.155 e. The number of Topliss-reactive ketones (excluding diaryl/α,β-unsaturated/α-hetero) is 1. The molecule has 0 amide bonds. The predicted molar refractivity (Wildman–Crippen MR) is 75.4 cm³/mol. The van der Waals surface area contributed by atoms with E-state index in [0.717, 1.165) is 0 Å². The monoisotopic (exact) mass is 279 g/mol. The molecule has 1 unspecified atom stereocenters. The molecule has 0 N–H and O–H groups in total. The molecule has 4 heteroatoms. The van der Waals surface area contributed by atoms with Crippen LogP contribution in [0.2, 0.25) is 5.02 Å². The fourth-order valence-electron chi connectivity index (χ4n) is 1.87. The zero-order chi connectivity index (χ0) is 14.6. The fourth-order valence-corrected chi connectivity index (χ4v) is 2.05. The minimum atomic E-state index is -0.840. The largest absolute Gasteiger partial charge is 0.496 e. The Morgan fingerprint density at radius 1 is 1.47 bits per heavy atom. The zero-order valence-electron chi connectivity index (χ0n) is 11.7. The molecule has 0 fully saturated rings. The molecule has 0 aliphatic heterocycles. The van der Waals surface area contributed by atoms with Crippen LogP contribution >= 0.6 is 11.6 Å². The smallest absolute Gasteiger partial charge is 0.155 e. The van der Waals surface area contributed by atoms with Crippen LogP contribution in [0.5, 0.6) is 5.75 Å². The van der Waals surface area contributed by atoms with E-state index >= 15 is 0 Å². The first-order chi connectivity index (χ1) is 8.78. The molecule has 1 atom stereocenters.